The van der Waals surface area contributed by atoms with Crippen molar-refractivity contribution in [3.05, 3.63) is 54.1 Å². The number of imide groups is 1. The molecule has 1 aromatic heterocycles. The molecule has 98 valence electrons. The van der Waals surface area contributed by atoms with Crippen molar-refractivity contribution < 1.29 is 9.59 Å². The highest BCUT2D eigenvalue weighted by atomic mass is 16.2. The van der Waals surface area contributed by atoms with Gasteiger partial charge in [-0.2, -0.15) is 0 Å². The molecule has 0 unspecified atom stereocenters. The SMILES string of the molecule is O=C1c2ccccc2C(=O)N1CC#CCn1ccnc1. The quantitative estimate of drug-likeness (QED) is 0.605. The van der Waals surface area contributed by atoms with Gasteiger partial charge < -0.3 is 4.57 Å². The van der Waals surface area contributed by atoms with Gasteiger partial charge in [-0.1, -0.05) is 24.0 Å². The molecular formula is C15H11N3O2. The molecule has 1 aliphatic rings. The molecule has 3 rings (SSSR count). The molecule has 2 aromatic rings. The summed E-state index contributed by atoms with van der Waals surface area (Å²) >= 11 is 0. The van der Waals surface area contributed by atoms with Crippen LogP contribution in [0.1, 0.15) is 20.7 Å². The summed E-state index contributed by atoms with van der Waals surface area (Å²) < 4.78 is 1.81. The third-order valence-corrected chi connectivity index (χ3v) is 3.06. The van der Waals surface area contributed by atoms with Crippen LogP contribution in [0.15, 0.2) is 43.0 Å². The zero-order valence-electron chi connectivity index (χ0n) is 10.6. The molecule has 1 aliphatic heterocycles. The van der Waals surface area contributed by atoms with Crippen molar-refractivity contribution in [2.24, 2.45) is 0 Å². The highest BCUT2D eigenvalue weighted by Gasteiger charge is 2.34. The molecule has 2 amide bonds. The van der Waals surface area contributed by atoms with Crippen LogP contribution in [-0.4, -0.2) is 32.8 Å². The molecule has 20 heavy (non-hydrogen) atoms. The van der Waals surface area contributed by atoms with Gasteiger partial charge in [-0.15, -0.1) is 0 Å². The Kier molecular flexibility index (Phi) is 3.05. The summed E-state index contributed by atoms with van der Waals surface area (Å²) in [6, 6.07) is 6.82. The standard InChI is InChI=1S/C15H11N3O2/c19-14-12-5-1-2-6-13(12)15(20)18(14)9-4-3-8-17-10-7-16-11-17/h1-2,5-7,10-11H,8-9H2. The minimum Gasteiger partial charge on any atom is -0.326 e. The third kappa shape index (κ3) is 2.08. The first kappa shape index (κ1) is 12.2. The van der Waals surface area contributed by atoms with Gasteiger partial charge in [0.2, 0.25) is 0 Å². The lowest BCUT2D eigenvalue weighted by atomic mass is 10.1. The molecular weight excluding hydrogens is 254 g/mol. The smallest absolute Gasteiger partial charge is 0.262 e. The minimum atomic E-state index is -0.275. The molecule has 0 N–H and O–H groups in total. The van der Waals surface area contributed by atoms with Crippen LogP contribution in [0.3, 0.4) is 0 Å². The lowest BCUT2D eigenvalue weighted by Crippen LogP contribution is -2.30. The summed E-state index contributed by atoms with van der Waals surface area (Å²) in [4.78, 5) is 29.2. The highest BCUT2D eigenvalue weighted by Crippen LogP contribution is 2.21. The summed E-state index contributed by atoms with van der Waals surface area (Å²) in [5, 5.41) is 0. The predicted octanol–water partition coefficient (Wildman–Crippen LogP) is 1.18. The van der Waals surface area contributed by atoms with Crippen LogP contribution in [-0.2, 0) is 6.54 Å². The van der Waals surface area contributed by atoms with Gasteiger partial charge in [-0.25, -0.2) is 4.98 Å². The number of benzene rings is 1. The van der Waals surface area contributed by atoms with E-state index < -0.39 is 0 Å². The molecule has 0 aliphatic carbocycles. The fraction of sp³-hybridized carbons (Fsp3) is 0.133. The first-order chi connectivity index (χ1) is 9.77. The Balaban J connectivity index is 1.70. The highest BCUT2D eigenvalue weighted by molar-refractivity contribution is 6.21. The Morgan fingerprint density at radius 3 is 2.25 bits per heavy atom. The maximum absolute atomic E-state index is 12.1. The summed E-state index contributed by atoms with van der Waals surface area (Å²) in [5.74, 6) is 5.21. The van der Waals surface area contributed by atoms with Crippen molar-refractivity contribution >= 4 is 11.8 Å². The second kappa shape index (κ2) is 5.02. The average Bonchev–Trinajstić information content (AvgIpc) is 3.06. The molecule has 0 saturated heterocycles. The van der Waals surface area contributed by atoms with E-state index in [-0.39, 0.29) is 18.4 Å². The van der Waals surface area contributed by atoms with Crippen LogP contribution in [0.2, 0.25) is 0 Å². The summed E-state index contributed by atoms with van der Waals surface area (Å²) in [6.07, 6.45) is 5.14. The van der Waals surface area contributed by atoms with E-state index >= 15 is 0 Å². The van der Waals surface area contributed by atoms with Crippen molar-refractivity contribution in [3.63, 3.8) is 0 Å². The van der Waals surface area contributed by atoms with Gasteiger partial charge in [0.1, 0.15) is 0 Å². The van der Waals surface area contributed by atoms with E-state index in [1.807, 2.05) is 4.57 Å². The Morgan fingerprint density at radius 1 is 1.00 bits per heavy atom. The van der Waals surface area contributed by atoms with Crippen molar-refractivity contribution in [3.8, 4) is 11.8 Å². The van der Waals surface area contributed by atoms with E-state index in [0.717, 1.165) is 0 Å². The maximum atomic E-state index is 12.1. The molecule has 2 heterocycles. The predicted molar refractivity (Wildman–Crippen MR) is 71.8 cm³/mol. The Bertz CT molecular complexity index is 688. The van der Waals surface area contributed by atoms with E-state index in [2.05, 4.69) is 16.8 Å². The third-order valence-electron chi connectivity index (χ3n) is 3.06. The second-order valence-electron chi connectivity index (χ2n) is 4.33. The number of amides is 2. The van der Waals surface area contributed by atoms with E-state index in [1.54, 1.807) is 43.0 Å². The molecule has 0 spiro atoms. The van der Waals surface area contributed by atoms with E-state index in [9.17, 15) is 9.59 Å². The lowest BCUT2D eigenvalue weighted by molar-refractivity contribution is 0.0675. The summed E-state index contributed by atoms with van der Waals surface area (Å²) in [6.45, 7) is 0.601. The zero-order chi connectivity index (χ0) is 13.9. The number of hydrogen-bond donors (Lipinski definition) is 0. The molecule has 5 heteroatoms. The van der Waals surface area contributed by atoms with Crippen LogP contribution < -0.4 is 0 Å². The van der Waals surface area contributed by atoms with E-state index in [4.69, 9.17) is 0 Å². The monoisotopic (exact) mass is 265 g/mol. The number of nitrogens with zero attached hydrogens (tertiary/aromatic N) is 3. The maximum Gasteiger partial charge on any atom is 0.262 e. The fourth-order valence-electron chi connectivity index (χ4n) is 2.05. The molecule has 5 nitrogen and oxygen atoms in total. The van der Waals surface area contributed by atoms with Gasteiger partial charge in [0.05, 0.1) is 30.5 Å². The van der Waals surface area contributed by atoms with Crippen molar-refractivity contribution in [1.82, 2.24) is 14.5 Å². The van der Waals surface area contributed by atoms with Crippen molar-refractivity contribution in [2.45, 2.75) is 6.54 Å². The first-order valence-electron chi connectivity index (χ1n) is 6.14. The van der Waals surface area contributed by atoms with Gasteiger partial charge in [0.15, 0.2) is 0 Å². The molecule has 0 bridgehead atoms. The van der Waals surface area contributed by atoms with Gasteiger partial charge in [0.25, 0.3) is 11.8 Å². The number of carbonyl (C=O) groups excluding carboxylic acids is 2. The number of hydrogen-bond acceptors (Lipinski definition) is 3. The number of fused-ring (bicyclic) bond motifs is 1. The minimum absolute atomic E-state index is 0.112. The number of aromatic nitrogens is 2. The van der Waals surface area contributed by atoms with Crippen molar-refractivity contribution in [2.75, 3.05) is 6.54 Å². The molecule has 0 saturated carbocycles. The normalized spacial score (nSPS) is 13.1. The number of imidazole rings is 1. The summed E-state index contributed by atoms with van der Waals surface area (Å²) in [7, 11) is 0. The Labute approximate surface area is 115 Å². The zero-order valence-corrected chi connectivity index (χ0v) is 10.6. The second-order valence-corrected chi connectivity index (χ2v) is 4.33. The van der Waals surface area contributed by atoms with E-state index in [0.29, 0.717) is 17.7 Å². The van der Waals surface area contributed by atoms with Gasteiger partial charge >= 0.3 is 0 Å². The molecule has 0 atom stereocenters. The molecule has 0 radical (unpaired) electrons. The number of rotatable bonds is 2. The number of carbonyl (C=O) groups is 2. The fourth-order valence-corrected chi connectivity index (χ4v) is 2.05. The summed E-state index contributed by atoms with van der Waals surface area (Å²) in [5.41, 5.74) is 0.905. The van der Waals surface area contributed by atoms with Crippen LogP contribution in [0.4, 0.5) is 0 Å². The van der Waals surface area contributed by atoms with Crippen LogP contribution in [0.5, 0.6) is 0 Å². The van der Waals surface area contributed by atoms with Gasteiger partial charge in [-0.3, -0.25) is 14.5 Å². The molecule has 0 fully saturated rings. The topological polar surface area (TPSA) is 55.2 Å². The van der Waals surface area contributed by atoms with Crippen LogP contribution in [0.25, 0.3) is 0 Å². The van der Waals surface area contributed by atoms with Crippen LogP contribution in [0, 0.1) is 11.8 Å². The Morgan fingerprint density at radius 2 is 1.65 bits per heavy atom. The van der Waals surface area contributed by atoms with E-state index in [1.165, 1.54) is 4.90 Å². The van der Waals surface area contributed by atoms with Crippen molar-refractivity contribution in [1.29, 1.82) is 0 Å². The van der Waals surface area contributed by atoms with Gasteiger partial charge in [-0.05, 0) is 12.1 Å². The first-order valence-corrected chi connectivity index (χ1v) is 6.14. The Hall–Kier alpha value is -2.87. The molecule has 1 aromatic carbocycles. The largest absolute Gasteiger partial charge is 0.326 e. The van der Waals surface area contributed by atoms with Gasteiger partial charge in [0, 0.05) is 12.4 Å². The lowest BCUT2D eigenvalue weighted by Gasteiger charge is -2.08. The van der Waals surface area contributed by atoms with Crippen LogP contribution >= 0.6 is 0 Å². The average molecular weight is 265 g/mol.